The largest absolute Gasteiger partial charge is 0.366 e. The van der Waals surface area contributed by atoms with Crippen LogP contribution in [0.1, 0.15) is 27.1 Å². The number of hydrogen-bond acceptors (Lipinski definition) is 7. The van der Waals surface area contributed by atoms with E-state index in [1.54, 1.807) is 18.2 Å². The molecule has 1 aliphatic rings. The molecule has 0 radical (unpaired) electrons. The van der Waals surface area contributed by atoms with Crippen molar-refractivity contribution in [2.75, 3.05) is 25.5 Å². The predicted octanol–water partition coefficient (Wildman–Crippen LogP) is 2.78. The molecule has 11 heteroatoms. The molecule has 1 atom stereocenters. The molecule has 1 fully saturated rings. The molecule has 2 heterocycles. The Hall–Kier alpha value is -2.53. The van der Waals surface area contributed by atoms with Crippen LogP contribution >= 0.6 is 22.9 Å². The number of aromatic nitrogens is 1. The van der Waals surface area contributed by atoms with Crippen LogP contribution in [-0.4, -0.2) is 55.5 Å². The van der Waals surface area contributed by atoms with Gasteiger partial charge in [0.15, 0.2) is 15.0 Å². The van der Waals surface area contributed by atoms with E-state index >= 15 is 0 Å². The summed E-state index contributed by atoms with van der Waals surface area (Å²) in [4.78, 5) is 30.7. The minimum Gasteiger partial charge on any atom is -0.366 e. The molecule has 2 aromatic carbocycles. The Morgan fingerprint density at radius 2 is 2.00 bits per heavy atom. The van der Waals surface area contributed by atoms with E-state index in [9.17, 15) is 18.0 Å². The van der Waals surface area contributed by atoms with Crippen LogP contribution in [-0.2, 0) is 9.84 Å². The smallest absolute Gasteiger partial charge is 0.258 e. The van der Waals surface area contributed by atoms with Crippen molar-refractivity contribution in [2.45, 2.75) is 16.6 Å². The van der Waals surface area contributed by atoms with Crippen LogP contribution in [0.5, 0.6) is 0 Å². The number of nitrogens with one attached hydrogen (secondary N) is 1. The van der Waals surface area contributed by atoms with Crippen molar-refractivity contribution in [1.82, 2.24) is 9.88 Å². The first-order chi connectivity index (χ1) is 14.7. The number of fused-ring (bicyclic) bond motifs is 1. The van der Waals surface area contributed by atoms with Crippen LogP contribution < -0.4 is 11.1 Å². The molecule has 1 aromatic heterocycles. The zero-order chi connectivity index (χ0) is 22.3. The molecule has 31 heavy (non-hydrogen) atoms. The standard InChI is InChI=1S/C20H19ClN4O4S2/c1-25-8-7-12(10-25)31(28,29)11-5-6-15-16(9-11)30-20(23-15)24-19(27)14-4-2-3-13(17(14)21)18(22)26/h2-6,9,12H,7-8,10H2,1H3,(H2,22,26)(H,23,24,27). The Balaban J connectivity index is 1.60. The maximum absolute atomic E-state index is 13.0. The molecule has 0 bridgehead atoms. The highest BCUT2D eigenvalue weighted by molar-refractivity contribution is 7.92. The van der Waals surface area contributed by atoms with Gasteiger partial charge in [-0.2, -0.15) is 0 Å². The van der Waals surface area contributed by atoms with Crippen LogP contribution in [0.2, 0.25) is 5.02 Å². The lowest BCUT2D eigenvalue weighted by Crippen LogP contribution is -2.24. The molecule has 2 amide bonds. The van der Waals surface area contributed by atoms with E-state index in [0.29, 0.717) is 23.2 Å². The van der Waals surface area contributed by atoms with Crippen LogP contribution in [0, 0.1) is 0 Å². The summed E-state index contributed by atoms with van der Waals surface area (Å²) in [7, 11) is -1.54. The summed E-state index contributed by atoms with van der Waals surface area (Å²) in [6.07, 6.45) is 0.603. The van der Waals surface area contributed by atoms with Crippen molar-refractivity contribution in [2.24, 2.45) is 5.73 Å². The van der Waals surface area contributed by atoms with Gasteiger partial charge in [0.05, 0.1) is 36.5 Å². The second-order valence-electron chi connectivity index (χ2n) is 7.35. The number of nitrogens with two attached hydrogens (primary N) is 1. The van der Waals surface area contributed by atoms with Gasteiger partial charge < -0.3 is 10.6 Å². The lowest BCUT2D eigenvalue weighted by Gasteiger charge is -2.12. The highest BCUT2D eigenvalue weighted by Crippen LogP contribution is 2.31. The number of rotatable bonds is 5. The SMILES string of the molecule is CN1CCC(S(=O)(=O)c2ccc3nc(NC(=O)c4cccc(C(N)=O)c4Cl)sc3c2)C1. The Morgan fingerprint density at radius 3 is 2.68 bits per heavy atom. The Labute approximate surface area is 187 Å². The van der Waals surface area contributed by atoms with Crippen molar-refractivity contribution in [3.8, 4) is 0 Å². The van der Waals surface area contributed by atoms with E-state index in [0.717, 1.165) is 17.9 Å². The summed E-state index contributed by atoms with van der Waals surface area (Å²) < 4.78 is 26.5. The van der Waals surface area contributed by atoms with Crippen LogP contribution in [0.15, 0.2) is 41.3 Å². The molecule has 8 nitrogen and oxygen atoms in total. The zero-order valence-electron chi connectivity index (χ0n) is 16.5. The number of likely N-dealkylation sites (tertiary alicyclic amines) is 1. The minimum absolute atomic E-state index is 0.0384. The maximum atomic E-state index is 13.0. The van der Waals surface area contributed by atoms with Gasteiger partial charge in [0, 0.05) is 6.54 Å². The number of carbonyl (C=O) groups is 2. The van der Waals surface area contributed by atoms with E-state index in [1.165, 1.54) is 18.2 Å². The van der Waals surface area contributed by atoms with Crippen LogP contribution in [0.3, 0.4) is 0 Å². The summed E-state index contributed by atoms with van der Waals surface area (Å²) in [5.41, 5.74) is 5.98. The number of benzene rings is 2. The van der Waals surface area contributed by atoms with Gasteiger partial charge in [-0.25, -0.2) is 13.4 Å². The first kappa shape index (κ1) is 21.7. The van der Waals surface area contributed by atoms with E-state index < -0.39 is 26.9 Å². The average molecular weight is 479 g/mol. The van der Waals surface area contributed by atoms with Crippen LogP contribution in [0.25, 0.3) is 10.2 Å². The highest BCUT2D eigenvalue weighted by atomic mass is 35.5. The molecular formula is C20H19ClN4O4S2. The fourth-order valence-corrected chi connectivity index (χ4v) is 6.61. The summed E-state index contributed by atoms with van der Waals surface area (Å²) in [5, 5.41) is 2.47. The number of anilines is 1. The van der Waals surface area contributed by atoms with Crippen molar-refractivity contribution >= 4 is 59.9 Å². The third-order valence-corrected chi connectivity index (χ3v) is 8.72. The number of sulfone groups is 1. The fraction of sp³-hybridized carbons (Fsp3) is 0.250. The van der Waals surface area contributed by atoms with Gasteiger partial charge in [-0.1, -0.05) is 29.0 Å². The summed E-state index contributed by atoms with van der Waals surface area (Å²) >= 11 is 7.30. The van der Waals surface area contributed by atoms with E-state index in [2.05, 4.69) is 10.3 Å². The lowest BCUT2D eigenvalue weighted by atomic mass is 10.1. The Kier molecular flexibility index (Phi) is 5.73. The van der Waals surface area contributed by atoms with E-state index in [4.69, 9.17) is 17.3 Å². The first-order valence-electron chi connectivity index (χ1n) is 9.39. The molecule has 3 aromatic rings. The van der Waals surface area contributed by atoms with Gasteiger partial charge in [0.2, 0.25) is 5.91 Å². The molecule has 1 unspecified atom stereocenters. The predicted molar refractivity (Wildman–Crippen MR) is 121 cm³/mol. The fourth-order valence-electron chi connectivity index (χ4n) is 3.54. The quantitative estimate of drug-likeness (QED) is 0.581. The molecule has 0 spiro atoms. The molecule has 0 aliphatic carbocycles. The normalized spacial score (nSPS) is 17.2. The molecule has 1 aliphatic heterocycles. The summed E-state index contributed by atoms with van der Waals surface area (Å²) in [6.45, 7) is 1.26. The number of nitrogens with zero attached hydrogens (tertiary/aromatic N) is 2. The van der Waals surface area contributed by atoms with Crippen molar-refractivity contribution in [3.63, 3.8) is 0 Å². The van der Waals surface area contributed by atoms with Crippen LogP contribution in [0.4, 0.5) is 5.13 Å². The number of thiazole rings is 1. The van der Waals surface area contributed by atoms with Crippen molar-refractivity contribution < 1.29 is 18.0 Å². The summed E-state index contributed by atoms with van der Waals surface area (Å²) in [6, 6.07) is 9.19. The lowest BCUT2D eigenvalue weighted by molar-refractivity contribution is 0.100. The molecule has 162 valence electrons. The monoisotopic (exact) mass is 478 g/mol. The second-order valence-corrected chi connectivity index (χ2v) is 11.0. The van der Waals surface area contributed by atoms with Gasteiger partial charge in [-0.15, -0.1) is 0 Å². The zero-order valence-corrected chi connectivity index (χ0v) is 18.9. The minimum atomic E-state index is -3.45. The van der Waals surface area contributed by atoms with Crippen molar-refractivity contribution in [1.29, 1.82) is 0 Å². The molecule has 1 saturated heterocycles. The third-order valence-electron chi connectivity index (χ3n) is 5.20. The summed E-state index contributed by atoms with van der Waals surface area (Å²) in [5.74, 6) is -1.28. The Bertz CT molecular complexity index is 1310. The maximum Gasteiger partial charge on any atom is 0.258 e. The van der Waals surface area contributed by atoms with E-state index in [-0.39, 0.29) is 26.2 Å². The molecule has 0 saturated carbocycles. The molecule has 4 rings (SSSR count). The Morgan fingerprint density at radius 1 is 1.26 bits per heavy atom. The first-order valence-corrected chi connectivity index (χ1v) is 12.1. The number of amides is 2. The molecule has 3 N–H and O–H groups in total. The highest BCUT2D eigenvalue weighted by Gasteiger charge is 2.33. The second kappa shape index (κ2) is 8.19. The van der Waals surface area contributed by atoms with Gasteiger partial charge in [0.25, 0.3) is 5.91 Å². The number of halogens is 1. The van der Waals surface area contributed by atoms with E-state index in [1.807, 2.05) is 11.9 Å². The van der Waals surface area contributed by atoms with Gasteiger partial charge in [-0.3, -0.25) is 14.9 Å². The number of carbonyl (C=O) groups excluding carboxylic acids is 2. The topological polar surface area (TPSA) is 122 Å². The third kappa shape index (κ3) is 4.16. The van der Waals surface area contributed by atoms with Gasteiger partial charge in [0.1, 0.15) is 0 Å². The average Bonchev–Trinajstić information content (AvgIpc) is 3.33. The van der Waals surface area contributed by atoms with Gasteiger partial charge in [-0.05, 0) is 50.3 Å². The van der Waals surface area contributed by atoms with Gasteiger partial charge >= 0.3 is 0 Å². The number of hydrogen-bond donors (Lipinski definition) is 2. The van der Waals surface area contributed by atoms with Crippen molar-refractivity contribution in [3.05, 3.63) is 52.5 Å². The molecular weight excluding hydrogens is 460 g/mol. The number of primary amides is 1.